The minimum Gasteiger partial charge on any atom is -0.493 e. The molecule has 0 saturated heterocycles. The third-order valence-electron chi connectivity index (χ3n) is 5.37. The number of hydrogen-bond donors (Lipinski definition) is 2. The molecule has 1 saturated carbocycles. The van der Waals surface area contributed by atoms with Crippen molar-refractivity contribution in [2.75, 3.05) is 19.5 Å². The van der Waals surface area contributed by atoms with Crippen molar-refractivity contribution in [3.63, 3.8) is 0 Å². The molecule has 0 atom stereocenters. The lowest BCUT2D eigenvalue weighted by Gasteiger charge is -2.26. The molecule has 7 heteroatoms. The first kappa shape index (κ1) is 18.6. The topological polar surface area (TPSA) is 80.9 Å². The number of rotatable bonds is 5. The number of aliphatic hydroxyl groups is 1. The van der Waals surface area contributed by atoms with Crippen molar-refractivity contribution in [3.8, 4) is 22.8 Å². The lowest BCUT2D eigenvalue weighted by atomic mass is 9.93. The number of ether oxygens (including phenoxy) is 2. The number of hydrogen-bond acceptors (Lipinski definition) is 6. The van der Waals surface area contributed by atoms with Gasteiger partial charge in [0.15, 0.2) is 17.1 Å². The van der Waals surface area contributed by atoms with Gasteiger partial charge in [0, 0.05) is 11.6 Å². The molecule has 1 fully saturated rings. The molecule has 2 aromatic heterocycles. The van der Waals surface area contributed by atoms with Gasteiger partial charge in [-0.3, -0.25) is 0 Å². The van der Waals surface area contributed by atoms with Crippen LogP contribution in [0.5, 0.6) is 11.5 Å². The van der Waals surface area contributed by atoms with Crippen LogP contribution >= 0.6 is 0 Å². The van der Waals surface area contributed by atoms with Crippen LogP contribution in [0.4, 0.5) is 5.82 Å². The number of anilines is 1. The second-order valence-electron chi connectivity index (χ2n) is 7.31. The predicted molar refractivity (Wildman–Crippen MR) is 108 cm³/mol. The van der Waals surface area contributed by atoms with Gasteiger partial charge in [0.1, 0.15) is 5.82 Å². The molecule has 1 aliphatic rings. The Bertz CT molecular complexity index is 977. The van der Waals surface area contributed by atoms with Crippen molar-refractivity contribution in [2.45, 2.75) is 44.8 Å². The van der Waals surface area contributed by atoms with Crippen LogP contribution < -0.4 is 14.8 Å². The zero-order valence-corrected chi connectivity index (χ0v) is 16.5. The summed E-state index contributed by atoms with van der Waals surface area (Å²) < 4.78 is 12.8. The van der Waals surface area contributed by atoms with Gasteiger partial charge >= 0.3 is 0 Å². The van der Waals surface area contributed by atoms with Gasteiger partial charge in [0.2, 0.25) is 0 Å². The summed E-state index contributed by atoms with van der Waals surface area (Å²) in [5, 5.41) is 18.0. The van der Waals surface area contributed by atoms with Crippen LogP contribution in [0.2, 0.25) is 0 Å². The summed E-state index contributed by atoms with van der Waals surface area (Å²) in [7, 11) is 3.28. The number of imidazole rings is 1. The summed E-state index contributed by atoms with van der Waals surface area (Å²) in [6.07, 6.45) is 5.23. The van der Waals surface area contributed by atoms with E-state index in [0.29, 0.717) is 11.8 Å². The van der Waals surface area contributed by atoms with Crippen LogP contribution in [-0.4, -0.2) is 46.1 Å². The average Bonchev–Trinajstić information content (AvgIpc) is 3.12. The molecule has 4 rings (SSSR count). The van der Waals surface area contributed by atoms with Crippen molar-refractivity contribution in [1.82, 2.24) is 14.6 Å². The summed E-state index contributed by atoms with van der Waals surface area (Å²) in [5.41, 5.74) is 3.63. The fraction of sp³-hybridized carbons (Fsp3) is 0.429. The van der Waals surface area contributed by atoms with Crippen LogP contribution in [0.3, 0.4) is 0 Å². The summed E-state index contributed by atoms with van der Waals surface area (Å²) in [5.74, 6) is 2.22. The molecule has 0 unspecified atom stereocenters. The first-order chi connectivity index (χ1) is 13.6. The molecule has 0 aliphatic heterocycles. The third kappa shape index (κ3) is 3.49. The Labute approximate surface area is 164 Å². The van der Waals surface area contributed by atoms with E-state index >= 15 is 0 Å². The van der Waals surface area contributed by atoms with Gasteiger partial charge < -0.3 is 19.9 Å². The number of benzene rings is 1. The standard InChI is InChI=1S/C21H26N4O3/c1-13-10-14(11-18(27-2)21(13)28-3)17-12-22-20-9-8-19(24-25(17)20)23-15-4-6-16(26)7-5-15/h8-12,15-16,26H,4-7H2,1-3H3,(H,23,24). The van der Waals surface area contributed by atoms with E-state index in [1.807, 2.05) is 35.8 Å². The normalized spacial score (nSPS) is 19.6. The molecule has 0 spiro atoms. The molecule has 0 bridgehead atoms. The van der Waals surface area contributed by atoms with Crippen molar-refractivity contribution < 1.29 is 14.6 Å². The van der Waals surface area contributed by atoms with Crippen molar-refractivity contribution in [1.29, 1.82) is 0 Å². The molecule has 1 aromatic carbocycles. The fourth-order valence-electron chi connectivity index (χ4n) is 3.88. The van der Waals surface area contributed by atoms with Crippen LogP contribution in [0, 0.1) is 6.92 Å². The molecule has 2 heterocycles. The molecule has 0 amide bonds. The van der Waals surface area contributed by atoms with Crippen molar-refractivity contribution in [3.05, 3.63) is 36.0 Å². The van der Waals surface area contributed by atoms with Gasteiger partial charge in [-0.2, -0.15) is 0 Å². The van der Waals surface area contributed by atoms with E-state index in [-0.39, 0.29) is 6.10 Å². The Morgan fingerprint density at radius 3 is 2.61 bits per heavy atom. The minimum atomic E-state index is -0.165. The predicted octanol–water partition coefficient (Wildman–Crippen LogP) is 3.44. The van der Waals surface area contributed by atoms with Gasteiger partial charge in [-0.25, -0.2) is 9.50 Å². The Morgan fingerprint density at radius 2 is 1.89 bits per heavy atom. The van der Waals surface area contributed by atoms with E-state index < -0.39 is 0 Å². The fourth-order valence-corrected chi connectivity index (χ4v) is 3.88. The molecule has 2 N–H and O–H groups in total. The molecular formula is C21H26N4O3. The number of aromatic nitrogens is 3. The van der Waals surface area contributed by atoms with E-state index in [1.54, 1.807) is 14.2 Å². The van der Waals surface area contributed by atoms with Gasteiger partial charge in [0.05, 0.1) is 32.2 Å². The Hall–Kier alpha value is -2.80. The zero-order chi connectivity index (χ0) is 19.7. The summed E-state index contributed by atoms with van der Waals surface area (Å²) in [4.78, 5) is 4.49. The number of nitrogens with one attached hydrogen (secondary N) is 1. The maximum Gasteiger partial charge on any atom is 0.163 e. The summed E-state index contributed by atoms with van der Waals surface area (Å²) in [6, 6.07) is 8.25. The van der Waals surface area contributed by atoms with E-state index in [4.69, 9.17) is 14.6 Å². The van der Waals surface area contributed by atoms with Crippen LogP contribution in [-0.2, 0) is 0 Å². The van der Waals surface area contributed by atoms with E-state index in [1.165, 1.54) is 0 Å². The highest BCUT2D eigenvalue weighted by Gasteiger charge is 2.20. The maximum absolute atomic E-state index is 9.70. The molecule has 28 heavy (non-hydrogen) atoms. The van der Waals surface area contributed by atoms with Crippen LogP contribution in [0.1, 0.15) is 31.2 Å². The summed E-state index contributed by atoms with van der Waals surface area (Å²) >= 11 is 0. The Kier molecular flexibility index (Phi) is 5.09. The van der Waals surface area contributed by atoms with Gasteiger partial charge in [-0.15, -0.1) is 5.10 Å². The number of nitrogens with zero attached hydrogens (tertiary/aromatic N) is 3. The largest absolute Gasteiger partial charge is 0.493 e. The minimum absolute atomic E-state index is 0.165. The number of methoxy groups -OCH3 is 2. The molecule has 0 radical (unpaired) electrons. The van der Waals surface area contributed by atoms with Crippen molar-refractivity contribution in [2.24, 2.45) is 0 Å². The molecule has 148 valence electrons. The monoisotopic (exact) mass is 382 g/mol. The van der Waals surface area contributed by atoms with Gasteiger partial charge in [-0.05, 0) is 62.4 Å². The second kappa shape index (κ2) is 7.67. The number of aryl methyl sites for hydroxylation is 1. The highest BCUT2D eigenvalue weighted by Crippen LogP contribution is 2.36. The first-order valence-electron chi connectivity index (χ1n) is 9.61. The van der Waals surface area contributed by atoms with E-state index in [2.05, 4.69) is 16.4 Å². The molecule has 1 aliphatic carbocycles. The van der Waals surface area contributed by atoms with E-state index in [9.17, 15) is 5.11 Å². The van der Waals surface area contributed by atoms with E-state index in [0.717, 1.165) is 59.7 Å². The lowest BCUT2D eigenvalue weighted by Crippen LogP contribution is -2.28. The molecule has 3 aromatic rings. The average molecular weight is 382 g/mol. The van der Waals surface area contributed by atoms with Gasteiger partial charge in [-0.1, -0.05) is 0 Å². The Balaban J connectivity index is 1.68. The highest BCUT2D eigenvalue weighted by atomic mass is 16.5. The number of aliphatic hydroxyl groups excluding tert-OH is 1. The number of fused-ring (bicyclic) bond motifs is 1. The van der Waals surface area contributed by atoms with Crippen molar-refractivity contribution >= 4 is 11.5 Å². The highest BCUT2D eigenvalue weighted by molar-refractivity contribution is 5.69. The quantitative estimate of drug-likeness (QED) is 0.704. The smallest absolute Gasteiger partial charge is 0.163 e. The lowest BCUT2D eigenvalue weighted by molar-refractivity contribution is 0.126. The van der Waals surface area contributed by atoms with Crippen LogP contribution in [0.25, 0.3) is 16.9 Å². The maximum atomic E-state index is 9.70. The molecule has 7 nitrogen and oxygen atoms in total. The summed E-state index contributed by atoms with van der Waals surface area (Å²) in [6.45, 7) is 1.99. The molecular weight excluding hydrogens is 356 g/mol. The van der Waals surface area contributed by atoms with Crippen LogP contribution in [0.15, 0.2) is 30.5 Å². The second-order valence-corrected chi connectivity index (χ2v) is 7.31. The zero-order valence-electron chi connectivity index (χ0n) is 16.5. The Morgan fingerprint density at radius 1 is 1.11 bits per heavy atom. The third-order valence-corrected chi connectivity index (χ3v) is 5.37. The first-order valence-corrected chi connectivity index (χ1v) is 9.61. The van der Waals surface area contributed by atoms with Gasteiger partial charge in [0.25, 0.3) is 0 Å². The SMILES string of the molecule is COc1cc(-c2cnc3ccc(NC4CCC(O)CC4)nn23)cc(C)c1OC.